The van der Waals surface area contributed by atoms with Crippen molar-refractivity contribution in [2.45, 2.75) is 6.92 Å². The van der Waals surface area contributed by atoms with E-state index in [2.05, 4.69) is 15.9 Å². The highest BCUT2D eigenvalue weighted by Gasteiger charge is 2.09. The number of carbonyl (C=O) groups is 1. The standard InChI is InChI=1S/C15H13BrN2O/c1-9-13(7-6-12(8-19)14(9)16)10-2-4-11(5-3-10)15(17)18/h2-8H,1H3,(H3,17,18). The average molecular weight is 317 g/mol. The van der Waals surface area contributed by atoms with E-state index >= 15 is 0 Å². The highest BCUT2D eigenvalue weighted by atomic mass is 79.9. The minimum absolute atomic E-state index is 0.0563. The molecule has 96 valence electrons. The second-order valence-electron chi connectivity index (χ2n) is 4.25. The Balaban J connectivity index is 2.50. The zero-order valence-corrected chi connectivity index (χ0v) is 12.0. The zero-order valence-electron chi connectivity index (χ0n) is 10.4. The third kappa shape index (κ3) is 2.58. The van der Waals surface area contributed by atoms with E-state index in [-0.39, 0.29) is 5.84 Å². The maximum Gasteiger partial charge on any atom is 0.151 e. The molecular weight excluding hydrogens is 304 g/mol. The first kappa shape index (κ1) is 13.5. The first-order valence-electron chi connectivity index (χ1n) is 5.73. The molecule has 2 aromatic rings. The van der Waals surface area contributed by atoms with Gasteiger partial charge in [0.05, 0.1) is 0 Å². The average Bonchev–Trinajstić information content (AvgIpc) is 2.42. The van der Waals surface area contributed by atoms with E-state index in [1.165, 1.54) is 0 Å². The third-order valence-corrected chi connectivity index (χ3v) is 4.10. The zero-order chi connectivity index (χ0) is 14.0. The molecule has 0 aliphatic carbocycles. The minimum atomic E-state index is 0.0563. The molecule has 0 aliphatic heterocycles. The summed E-state index contributed by atoms with van der Waals surface area (Å²) in [6.07, 6.45) is 0.833. The number of rotatable bonds is 3. The number of amidine groups is 1. The van der Waals surface area contributed by atoms with Crippen molar-refractivity contribution in [1.82, 2.24) is 0 Å². The summed E-state index contributed by atoms with van der Waals surface area (Å²) in [5, 5.41) is 7.37. The van der Waals surface area contributed by atoms with Crippen LogP contribution in [0.2, 0.25) is 0 Å². The molecule has 0 fully saturated rings. The maximum absolute atomic E-state index is 10.9. The lowest BCUT2D eigenvalue weighted by Crippen LogP contribution is -2.10. The van der Waals surface area contributed by atoms with Gasteiger partial charge in [-0.15, -0.1) is 0 Å². The molecular formula is C15H13BrN2O. The van der Waals surface area contributed by atoms with Gasteiger partial charge in [-0.2, -0.15) is 0 Å². The van der Waals surface area contributed by atoms with Crippen LogP contribution < -0.4 is 5.73 Å². The Morgan fingerprint density at radius 1 is 1.21 bits per heavy atom. The molecule has 4 heteroatoms. The Labute approximate surface area is 120 Å². The predicted molar refractivity (Wildman–Crippen MR) is 80.7 cm³/mol. The highest BCUT2D eigenvalue weighted by Crippen LogP contribution is 2.30. The fourth-order valence-corrected chi connectivity index (χ4v) is 2.38. The summed E-state index contributed by atoms with van der Waals surface area (Å²) < 4.78 is 0.815. The molecule has 0 atom stereocenters. The van der Waals surface area contributed by atoms with Crippen LogP contribution in [0.4, 0.5) is 0 Å². The molecule has 3 N–H and O–H groups in total. The van der Waals surface area contributed by atoms with E-state index in [0.29, 0.717) is 11.1 Å². The van der Waals surface area contributed by atoms with Crippen molar-refractivity contribution < 1.29 is 4.79 Å². The second-order valence-corrected chi connectivity index (χ2v) is 5.04. The van der Waals surface area contributed by atoms with Crippen molar-refractivity contribution in [2.24, 2.45) is 5.73 Å². The van der Waals surface area contributed by atoms with Gasteiger partial charge in [0.15, 0.2) is 6.29 Å². The molecule has 0 spiro atoms. The van der Waals surface area contributed by atoms with Crippen molar-refractivity contribution in [1.29, 1.82) is 5.41 Å². The molecule has 0 heterocycles. The Morgan fingerprint density at radius 3 is 2.37 bits per heavy atom. The monoisotopic (exact) mass is 316 g/mol. The molecule has 2 rings (SSSR count). The number of nitrogens with two attached hydrogens (primary N) is 1. The summed E-state index contributed by atoms with van der Waals surface area (Å²) in [5.41, 5.74) is 9.86. The second kappa shape index (κ2) is 5.36. The molecule has 0 unspecified atom stereocenters. The van der Waals surface area contributed by atoms with Gasteiger partial charge in [0.1, 0.15) is 5.84 Å². The lowest BCUT2D eigenvalue weighted by Gasteiger charge is -2.10. The van der Waals surface area contributed by atoms with Gasteiger partial charge in [-0.25, -0.2) is 0 Å². The maximum atomic E-state index is 10.9. The van der Waals surface area contributed by atoms with Crippen LogP contribution in [0.25, 0.3) is 11.1 Å². The van der Waals surface area contributed by atoms with Crippen LogP contribution in [0.5, 0.6) is 0 Å². The number of nitrogen functional groups attached to an aromatic ring is 1. The number of benzene rings is 2. The molecule has 0 aromatic heterocycles. The quantitative estimate of drug-likeness (QED) is 0.517. The first-order chi connectivity index (χ1) is 9.04. The topological polar surface area (TPSA) is 66.9 Å². The number of hydrogen-bond acceptors (Lipinski definition) is 2. The smallest absolute Gasteiger partial charge is 0.151 e. The van der Waals surface area contributed by atoms with Gasteiger partial charge < -0.3 is 5.73 Å². The van der Waals surface area contributed by atoms with Crippen molar-refractivity contribution in [3.8, 4) is 11.1 Å². The van der Waals surface area contributed by atoms with Crippen molar-refractivity contribution >= 4 is 28.1 Å². The minimum Gasteiger partial charge on any atom is -0.384 e. The molecule has 19 heavy (non-hydrogen) atoms. The molecule has 0 radical (unpaired) electrons. The van der Waals surface area contributed by atoms with Crippen molar-refractivity contribution in [3.63, 3.8) is 0 Å². The summed E-state index contributed by atoms with van der Waals surface area (Å²) in [7, 11) is 0. The van der Waals surface area contributed by atoms with Crippen LogP contribution in [-0.4, -0.2) is 12.1 Å². The van der Waals surface area contributed by atoms with Crippen LogP contribution >= 0.6 is 15.9 Å². The number of hydrogen-bond donors (Lipinski definition) is 2. The molecule has 0 bridgehead atoms. The van der Waals surface area contributed by atoms with Crippen LogP contribution in [-0.2, 0) is 0 Å². The van der Waals surface area contributed by atoms with Crippen LogP contribution in [0.1, 0.15) is 21.5 Å². The molecule has 3 nitrogen and oxygen atoms in total. The van der Waals surface area contributed by atoms with Gasteiger partial charge in [-0.05, 0) is 45.6 Å². The van der Waals surface area contributed by atoms with E-state index in [4.69, 9.17) is 11.1 Å². The molecule has 2 aromatic carbocycles. The van der Waals surface area contributed by atoms with Gasteiger partial charge in [0.25, 0.3) is 0 Å². The SMILES string of the molecule is Cc1c(-c2ccc(C(=N)N)cc2)ccc(C=O)c1Br. The van der Waals surface area contributed by atoms with Crippen LogP contribution in [0.3, 0.4) is 0 Å². The van der Waals surface area contributed by atoms with E-state index in [0.717, 1.165) is 27.4 Å². The predicted octanol–water partition coefficient (Wildman–Crippen LogP) is 3.52. The van der Waals surface area contributed by atoms with Gasteiger partial charge in [0.2, 0.25) is 0 Å². The normalized spacial score (nSPS) is 10.2. The van der Waals surface area contributed by atoms with Crippen LogP contribution in [0.15, 0.2) is 40.9 Å². The van der Waals surface area contributed by atoms with E-state index in [1.807, 2.05) is 37.3 Å². The van der Waals surface area contributed by atoms with Gasteiger partial charge in [0, 0.05) is 15.6 Å². The molecule has 0 aliphatic rings. The Kier molecular flexibility index (Phi) is 3.81. The van der Waals surface area contributed by atoms with Gasteiger partial charge >= 0.3 is 0 Å². The Hall–Kier alpha value is -1.94. The summed E-state index contributed by atoms with van der Waals surface area (Å²) >= 11 is 3.44. The number of halogens is 1. The molecule has 0 amide bonds. The van der Waals surface area contributed by atoms with E-state index in [1.54, 1.807) is 6.07 Å². The lowest BCUT2D eigenvalue weighted by atomic mass is 9.97. The van der Waals surface area contributed by atoms with Crippen LogP contribution in [0, 0.1) is 12.3 Å². The molecule has 0 saturated heterocycles. The fourth-order valence-electron chi connectivity index (χ4n) is 1.94. The fraction of sp³-hybridized carbons (Fsp3) is 0.0667. The number of carbonyl (C=O) groups excluding carboxylic acids is 1. The Bertz CT molecular complexity index is 648. The van der Waals surface area contributed by atoms with E-state index < -0.39 is 0 Å². The third-order valence-electron chi connectivity index (χ3n) is 3.05. The summed E-state index contributed by atoms with van der Waals surface area (Å²) in [4.78, 5) is 10.9. The highest BCUT2D eigenvalue weighted by molar-refractivity contribution is 9.10. The summed E-state index contributed by atoms with van der Waals surface area (Å²) in [5.74, 6) is 0.0563. The first-order valence-corrected chi connectivity index (χ1v) is 6.53. The number of aldehydes is 1. The van der Waals surface area contributed by atoms with Gasteiger partial charge in [-0.3, -0.25) is 10.2 Å². The summed E-state index contributed by atoms with van der Waals surface area (Å²) in [6, 6.07) is 11.2. The van der Waals surface area contributed by atoms with Crippen molar-refractivity contribution in [2.75, 3.05) is 0 Å². The largest absolute Gasteiger partial charge is 0.384 e. The molecule has 0 saturated carbocycles. The van der Waals surface area contributed by atoms with Crippen molar-refractivity contribution in [3.05, 3.63) is 57.6 Å². The summed E-state index contributed by atoms with van der Waals surface area (Å²) in [6.45, 7) is 1.96. The lowest BCUT2D eigenvalue weighted by molar-refractivity contribution is 0.112. The van der Waals surface area contributed by atoms with E-state index in [9.17, 15) is 4.79 Å². The Morgan fingerprint density at radius 2 is 1.84 bits per heavy atom. The van der Waals surface area contributed by atoms with Gasteiger partial charge in [-0.1, -0.05) is 30.3 Å². The number of nitrogens with one attached hydrogen (secondary N) is 1.